The zero-order valence-corrected chi connectivity index (χ0v) is 13.5. The molecule has 7 nitrogen and oxygen atoms in total. The largest absolute Gasteiger partial charge is 0.339 e. The van der Waals surface area contributed by atoms with Crippen molar-refractivity contribution in [1.29, 1.82) is 0 Å². The van der Waals surface area contributed by atoms with Crippen LogP contribution in [0.2, 0.25) is 0 Å². The van der Waals surface area contributed by atoms with Gasteiger partial charge in [0.2, 0.25) is 0 Å². The van der Waals surface area contributed by atoms with Gasteiger partial charge in [0.15, 0.2) is 5.03 Å². The summed E-state index contributed by atoms with van der Waals surface area (Å²) in [6, 6.07) is 3.95. The van der Waals surface area contributed by atoms with Gasteiger partial charge < -0.3 is 4.57 Å². The summed E-state index contributed by atoms with van der Waals surface area (Å²) in [5, 5.41) is -0.128. The van der Waals surface area contributed by atoms with Crippen molar-refractivity contribution in [3.8, 4) is 0 Å². The lowest BCUT2D eigenvalue weighted by Gasteiger charge is -2.08. The second-order valence-corrected chi connectivity index (χ2v) is 8.56. The Bertz CT molecular complexity index is 888. The van der Waals surface area contributed by atoms with Gasteiger partial charge >= 0.3 is 0 Å². The Labute approximate surface area is 127 Å². The minimum Gasteiger partial charge on any atom is -0.339 e. The van der Waals surface area contributed by atoms with Gasteiger partial charge in [-0.3, -0.25) is 4.72 Å². The first-order chi connectivity index (χ1) is 9.59. The number of imidazole rings is 1. The van der Waals surface area contributed by atoms with Crippen molar-refractivity contribution in [2.75, 3.05) is 4.72 Å². The normalized spacial score (nSPS) is 12.3. The van der Waals surface area contributed by atoms with E-state index in [1.807, 2.05) is 0 Å². The Morgan fingerprint density at radius 1 is 1.24 bits per heavy atom. The van der Waals surface area contributed by atoms with E-state index in [1.54, 1.807) is 7.05 Å². The molecule has 10 heteroatoms. The second-order valence-electron chi connectivity index (χ2n) is 4.40. The first kappa shape index (κ1) is 15.8. The Hall–Kier alpha value is -1.58. The number of hydrogen-bond acceptors (Lipinski definition) is 5. The van der Waals surface area contributed by atoms with E-state index in [0.29, 0.717) is 5.56 Å². The Morgan fingerprint density at radius 2 is 1.90 bits per heavy atom. The molecule has 1 aromatic carbocycles. The highest BCUT2D eigenvalue weighted by atomic mass is 35.7. The highest BCUT2D eigenvalue weighted by Crippen LogP contribution is 2.24. The molecule has 0 spiro atoms. The van der Waals surface area contributed by atoms with E-state index in [9.17, 15) is 16.8 Å². The molecule has 0 unspecified atom stereocenters. The fraction of sp³-hybridized carbons (Fsp3) is 0.182. The van der Waals surface area contributed by atoms with Crippen molar-refractivity contribution in [2.45, 2.75) is 16.8 Å². The van der Waals surface area contributed by atoms with Crippen LogP contribution in [0.1, 0.15) is 5.56 Å². The van der Waals surface area contributed by atoms with Crippen LogP contribution < -0.4 is 4.72 Å². The molecule has 1 N–H and O–H groups in total. The predicted molar refractivity (Wildman–Crippen MR) is 78.2 cm³/mol. The summed E-state index contributed by atoms with van der Waals surface area (Å²) < 4.78 is 50.6. The van der Waals surface area contributed by atoms with Crippen LogP contribution in [0.15, 0.2) is 40.6 Å². The summed E-state index contributed by atoms with van der Waals surface area (Å²) >= 11 is 0. The molecule has 2 aromatic rings. The van der Waals surface area contributed by atoms with E-state index in [0.717, 1.165) is 0 Å². The maximum atomic E-state index is 12.1. The first-order valence-corrected chi connectivity index (χ1v) is 9.45. The molecule has 0 aliphatic carbocycles. The standard InChI is InChI=1S/C11H12ClN3O4S2/c1-8-5-9(3-4-10(8)20(12,16)17)14-21(18,19)11-6-15(2)7-13-11/h3-7,14H,1-2H3. The van der Waals surface area contributed by atoms with Gasteiger partial charge in [0.1, 0.15) is 0 Å². The Balaban J connectivity index is 2.35. The van der Waals surface area contributed by atoms with E-state index in [-0.39, 0.29) is 15.6 Å². The van der Waals surface area contributed by atoms with Crippen LogP contribution in [-0.4, -0.2) is 26.4 Å². The third-order valence-electron chi connectivity index (χ3n) is 2.65. The fourth-order valence-corrected chi connectivity index (χ4v) is 3.95. The van der Waals surface area contributed by atoms with Gasteiger partial charge in [-0.05, 0) is 30.7 Å². The molecule has 2 rings (SSSR count). The number of aromatic nitrogens is 2. The number of benzene rings is 1. The number of nitrogens with one attached hydrogen (secondary N) is 1. The number of aryl methyl sites for hydroxylation is 2. The molecule has 21 heavy (non-hydrogen) atoms. The lowest BCUT2D eigenvalue weighted by Crippen LogP contribution is -2.13. The molecule has 0 bridgehead atoms. The smallest absolute Gasteiger partial charge is 0.280 e. The summed E-state index contributed by atoms with van der Waals surface area (Å²) in [6.07, 6.45) is 2.72. The second kappa shape index (κ2) is 5.32. The van der Waals surface area contributed by atoms with E-state index >= 15 is 0 Å². The molecule has 1 heterocycles. The van der Waals surface area contributed by atoms with Gasteiger partial charge in [-0.1, -0.05) is 0 Å². The number of hydrogen-bond donors (Lipinski definition) is 1. The molecule has 0 saturated carbocycles. The number of anilines is 1. The van der Waals surface area contributed by atoms with Gasteiger partial charge in [0.25, 0.3) is 19.1 Å². The molecule has 114 valence electrons. The van der Waals surface area contributed by atoms with Crippen molar-refractivity contribution >= 4 is 35.4 Å². The monoisotopic (exact) mass is 349 g/mol. The van der Waals surface area contributed by atoms with E-state index < -0.39 is 19.1 Å². The van der Waals surface area contributed by atoms with Crippen molar-refractivity contribution in [1.82, 2.24) is 9.55 Å². The molecular formula is C11H12ClN3O4S2. The maximum Gasteiger partial charge on any atom is 0.280 e. The van der Waals surface area contributed by atoms with Crippen LogP contribution in [0.4, 0.5) is 5.69 Å². The highest BCUT2D eigenvalue weighted by molar-refractivity contribution is 8.13. The number of nitrogens with zero attached hydrogens (tertiary/aromatic N) is 2. The summed E-state index contributed by atoms with van der Waals surface area (Å²) in [5.74, 6) is 0. The van der Waals surface area contributed by atoms with Gasteiger partial charge in [-0.25, -0.2) is 13.4 Å². The van der Waals surface area contributed by atoms with Crippen LogP contribution >= 0.6 is 10.7 Å². The van der Waals surface area contributed by atoms with Crippen LogP contribution in [-0.2, 0) is 26.1 Å². The first-order valence-electron chi connectivity index (χ1n) is 5.66. The van der Waals surface area contributed by atoms with Gasteiger partial charge in [0.05, 0.1) is 11.2 Å². The van der Waals surface area contributed by atoms with Crippen molar-refractivity contribution < 1.29 is 16.8 Å². The molecule has 0 amide bonds. The average molecular weight is 350 g/mol. The summed E-state index contributed by atoms with van der Waals surface area (Å²) in [6.45, 7) is 1.52. The fourth-order valence-electron chi connectivity index (χ4n) is 1.72. The number of halogens is 1. The van der Waals surface area contributed by atoms with Crippen LogP contribution in [0.3, 0.4) is 0 Å². The minimum absolute atomic E-state index is 0.0649. The molecular weight excluding hydrogens is 338 g/mol. The van der Waals surface area contributed by atoms with Crippen LogP contribution in [0.5, 0.6) is 0 Å². The molecule has 1 aromatic heterocycles. The average Bonchev–Trinajstić information content (AvgIpc) is 2.74. The third kappa shape index (κ3) is 3.55. The molecule has 0 radical (unpaired) electrons. The van der Waals surface area contributed by atoms with E-state index in [1.165, 1.54) is 42.2 Å². The van der Waals surface area contributed by atoms with Gasteiger partial charge in [-0.15, -0.1) is 0 Å². The zero-order chi connectivity index (χ0) is 15.8. The highest BCUT2D eigenvalue weighted by Gasteiger charge is 2.19. The van der Waals surface area contributed by atoms with Crippen molar-refractivity contribution in [3.63, 3.8) is 0 Å². The maximum absolute atomic E-state index is 12.1. The summed E-state index contributed by atoms with van der Waals surface area (Å²) in [7, 11) is -0.768. The molecule has 0 atom stereocenters. The molecule has 0 saturated heterocycles. The molecule has 0 aliphatic heterocycles. The van der Waals surface area contributed by atoms with E-state index in [4.69, 9.17) is 10.7 Å². The van der Waals surface area contributed by atoms with Gasteiger partial charge in [-0.2, -0.15) is 8.42 Å². The van der Waals surface area contributed by atoms with Crippen LogP contribution in [0, 0.1) is 6.92 Å². The molecule has 0 aliphatic rings. The molecule has 0 fully saturated rings. The van der Waals surface area contributed by atoms with Crippen molar-refractivity contribution in [2.24, 2.45) is 7.05 Å². The minimum atomic E-state index is -3.86. The zero-order valence-electron chi connectivity index (χ0n) is 11.1. The Kier molecular flexibility index (Phi) is 4.00. The number of sulfonamides is 1. The van der Waals surface area contributed by atoms with E-state index in [2.05, 4.69) is 9.71 Å². The lowest BCUT2D eigenvalue weighted by molar-refractivity contribution is 0.598. The third-order valence-corrected chi connectivity index (χ3v) is 5.39. The lowest BCUT2D eigenvalue weighted by atomic mass is 10.2. The topological polar surface area (TPSA) is 98.1 Å². The summed E-state index contributed by atoms with van der Waals surface area (Å²) in [4.78, 5) is 3.69. The SMILES string of the molecule is Cc1cc(NS(=O)(=O)c2cn(C)cn2)ccc1S(=O)(=O)Cl. The Morgan fingerprint density at radius 3 is 2.38 bits per heavy atom. The van der Waals surface area contributed by atoms with Crippen LogP contribution in [0.25, 0.3) is 0 Å². The van der Waals surface area contributed by atoms with Gasteiger partial charge in [0, 0.05) is 29.6 Å². The van der Waals surface area contributed by atoms with Crippen molar-refractivity contribution in [3.05, 3.63) is 36.3 Å². The summed E-state index contributed by atoms with van der Waals surface area (Å²) in [5.41, 5.74) is 0.563. The number of rotatable bonds is 4. The quantitative estimate of drug-likeness (QED) is 0.842. The predicted octanol–water partition coefficient (Wildman–Crippen LogP) is 1.46.